The van der Waals surface area contributed by atoms with Crippen LogP contribution in [0.15, 0.2) is 36.4 Å². The van der Waals surface area contributed by atoms with Crippen molar-refractivity contribution in [1.82, 2.24) is 4.57 Å². The van der Waals surface area contributed by atoms with E-state index in [4.69, 9.17) is 23.2 Å². The van der Waals surface area contributed by atoms with Gasteiger partial charge in [0.05, 0.1) is 15.6 Å². The normalized spacial score (nSPS) is 11.0. The largest absolute Gasteiger partial charge is 0.508 e. The number of aldehydes is 1. The van der Waals surface area contributed by atoms with E-state index in [9.17, 15) is 14.7 Å². The molecule has 1 N–H and O–H groups in total. The summed E-state index contributed by atoms with van der Waals surface area (Å²) in [4.78, 5) is 24.0. The van der Waals surface area contributed by atoms with E-state index < -0.39 is 0 Å². The van der Waals surface area contributed by atoms with Crippen molar-refractivity contribution < 1.29 is 14.7 Å². The van der Waals surface area contributed by atoms with Crippen LogP contribution >= 0.6 is 23.2 Å². The summed E-state index contributed by atoms with van der Waals surface area (Å²) in [6, 6.07) is 9.39. The van der Waals surface area contributed by atoms with Gasteiger partial charge in [0, 0.05) is 23.1 Å². The Kier molecular flexibility index (Phi) is 4.35. The standard InChI is InChI=1S/C18H13Cl2NO3/c1-10-13(6-7-22)14-9-12(23)3-5-17(14)21(10)18(24)11-2-4-15(19)16(20)8-11/h2-5,7-9,23H,6H2,1H3. The fourth-order valence-electron chi connectivity index (χ4n) is 2.83. The van der Waals surface area contributed by atoms with Gasteiger partial charge in [0.25, 0.3) is 5.91 Å². The van der Waals surface area contributed by atoms with Crippen molar-refractivity contribution in [2.75, 3.05) is 0 Å². The van der Waals surface area contributed by atoms with E-state index in [1.165, 1.54) is 16.7 Å². The quantitative estimate of drug-likeness (QED) is 0.703. The molecule has 122 valence electrons. The summed E-state index contributed by atoms with van der Waals surface area (Å²) in [6.07, 6.45) is 0.938. The first-order valence-corrected chi connectivity index (χ1v) is 7.96. The van der Waals surface area contributed by atoms with Crippen LogP contribution < -0.4 is 0 Å². The summed E-state index contributed by atoms with van der Waals surface area (Å²) in [5, 5.41) is 11.1. The molecule has 1 aromatic heterocycles. The van der Waals surface area contributed by atoms with Crippen molar-refractivity contribution in [2.45, 2.75) is 13.3 Å². The molecule has 0 aliphatic carbocycles. The SMILES string of the molecule is Cc1c(CC=O)c2cc(O)ccc2n1C(=O)c1ccc(Cl)c(Cl)c1. The Morgan fingerprint density at radius 1 is 1.17 bits per heavy atom. The molecule has 0 atom stereocenters. The second-order valence-electron chi connectivity index (χ2n) is 5.41. The van der Waals surface area contributed by atoms with Gasteiger partial charge in [0.15, 0.2) is 0 Å². The molecule has 3 rings (SSSR count). The van der Waals surface area contributed by atoms with Crippen molar-refractivity contribution in [3.8, 4) is 5.75 Å². The van der Waals surface area contributed by atoms with Crippen LogP contribution in [0.5, 0.6) is 5.75 Å². The summed E-state index contributed by atoms with van der Waals surface area (Å²) in [6.45, 7) is 1.77. The van der Waals surface area contributed by atoms with Gasteiger partial charge in [-0.3, -0.25) is 9.36 Å². The number of hydrogen-bond donors (Lipinski definition) is 1. The van der Waals surface area contributed by atoms with Gasteiger partial charge in [-0.05, 0) is 48.9 Å². The smallest absolute Gasteiger partial charge is 0.262 e. The molecule has 0 aliphatic heterocycles. The second kappa shape index (κ2) is 6.30. The predicted octanol–water partition coefficient (Wildman–Crippen LogP) is 4.39. The molecule has 0 radical (unpaired) electrons. The van der Waals surface area contributed by atoms with Crippen molar-refractivity contribution >= 4 is 46.3 Å². The summed E-state index contributed by atoms with van der Waals surface area (Å²) in [5.74, 6) is -0.201. The molecular formula is C18H13Cl2NO3. The lowest BCUT2D eigenvalue weighted by molar-refractivity contribution is -0.107. The third-order valence-corrected chi connectivity index (χ3v) is 4.71. The van der Waals surface area contributed by atoms with Crippen molar-refractivity contribution in [1.29, 1.82) is 0 Å². The predicted molar refractivity (Wildman–Crippen MR) is 94.3 cm³/mol. The van der Waals surface area contributed by atoms with Gasteiger partial charge in [-0.15, -0.1) is 0 Å². The van der Waals surface area contributed by atoms with Crippen LogP contribution in [0.1, 0.15) is 21.6 Å². The highest BCUT2D eigenvalue weighted by Crippen LogP contribution is 2.31. The maximum absolute atomic E-state index is 13.0. The number of phenolic OH excluding ortho intramolecular Hbond substituents is 1. The molecule has 0 fully saturated rings. The molecule has 6 heteroatoms. The average molecular weight is 362 g/mol. The molecule has 0 saturated heterocycles. The lowest BCUT2D eigenvalue weighted by Gasteiger charge is -2.08. The van der Waals surface area contributed by atoms with Gasteiger partial charge in [0.2, 0.25) is 0 Å². The molecule has 1 heterocycles. The van der Waals surface area contributed by atoms with Crippen LogP contribution in [-0.2, 0) is 11.2 Å². The van der Waals surface area contributed by atoms with E-state index in [0.29, 0.717) is 37.8 Å². The average Bonchev–Trinajstić information content (AvgIpc) is 2.82. The maximum Gasteiger partial charge on any atom is 0.262 e. The number of halogens is 2. The van der Waals surface area contributed by atoms with Gasteiger partial charge in [-0.25, -0.2) is 0 Å². The van der Waals surface area contributed by atoms with Crippen molar-refractivity contribution in [2.24, 2.45) is 0 Å². The number of rotatable bonds is 3. The molecule has 0 unspecified atom stereocenters. The lowest BCUT2D eigenvalue weighted by Crippen LogP contribution is -2.13. The topological polar surface area (TPSA) is 59.3 Å². The monoisotopic (exact) mass is 361 g/mol. The fraction of sp³-hybridized carbons (Fsp3) is 0.111. The Morgan fingerprint density at radius 2 is 1.92 bits per heavy atom. The first-order chi connectivity index (χ1) is 11.4. The van der Waals surface area contributed by atoms with Gasteiger partial charge < -0.3 is 9.90 Å². The van der Waals surface area contributed by atoms with E-state index >= 15 is 0 Å². The summed E-state index contributed by atoms with van der Waals surface area (Å²) in [7, 11) is 0. The molecule has 3 aromatic rings. The number of hydrogen-bond acceptors (Lipinski definition) is 3. The van der Waals surface area contributed by atoms with Gasteiger partial charge in [-0.1, -0.05) is 23.2 Å². The number of nitrogens with zero attached hydrogens (tertiary/aromatic N) is 1. The Balaban J connectivity index is 2.25. The first kappa shape index (κ1) is 16.6. The van der Waals surface area contributed by atoms with Crippen molar-refractivity contribution in [3.05, 3.63) is 63.3 Å². The van der Waals surface area contributed by atoms with E-state index in [1.807, 2.05) is 0 Å². The Bertz CT molecular complexity index is 976. The number of fused-ring (bicyclic) bond motifs is 1. The van der Waals surface area contributed by atoms with Crippen LogP contribution in [0.4, 0.5) is 0 Å². The molecule has 2 aromatic carbocycles. The van der Waals surface area contributed by atoms with Gasteiger partial charge in [-0.2, -0.15) is 0 Å². The number of aromatic nitrogens is 1. The first-order valence-electron chi connectivity index (χ1n) is 7.20. The second-order valence-corrected chi connectivity index (χ2v) is 6.22. The summed E-state index contributed by atoms with van der Waals surface area (Å²) >= 11 is 11.9. The molecule has 0 bridgehead atoms. The zero-order valence-electron chi connectivity index (χ0n) is 12.7. The summed E-state index contributed by atoms with van der Waals surface area (Å²) < 4.78 is 1.52. The number of aromatic hydroxyl groups is 1. The van der Waals surface area contributed by atoms with E-state index in [1.54, 1.807) is 31.2 Å². The molecule has 0 aliphatic rings. The number of carbonyl (C=O) groups excluding carboxylic acids is 2. The minimum absolute atomic E-state index is 0.0776. The minimum Gasteiger partial charge on any atom is -0.508 e. The van der Waals surface area contributed by atoms with Crippen LogP contribution in [0.25, 0.3) is 10.9 Å². The zero-order chi connectivity index (χ0) is 17.4. The summed E-state index contributed by atoms with van der Waals surface area (Å²) in [5.41, 5.74) is 2.37. The Labute approximate surface area is 148 Å². The molecule has 0 saturated carbocycles. The number of phenols is 1. The molecule has 24 heavy (non-hydrogen) atoms. The highest BCUT2D eigenvalue weighted by Gasteiger charge is 2.20. The zero-order valence-corrected chi connectivity index (χ0v) is 14.2. The van der Waals surface area contributed by atoms with Crippen LogP contribution in [-0.4, -0.2) is 21.9 Å². The molecule has 4 nitrogen and oxygen atoms in total. The minimum atomic E-state index is -0.279. The third-order valence-electron chi connectivity index (χ3n) is 3.98. The highest BCUT2D eigenvalue weighted by molar-refractivity contribution is 6.42. The van der Waals surface area contributed by atoms with Gasteiger partial charge in [0.1, 0.15) is 12.0 Å². The van der Waals surface area contributed by atoms with E-state index in [-0.39, 0.29) is 18.1 Å². The van der Waals surface area contributed by atoms with E-state index in [0.717, 1.165) is 6.29 Å². The molecule has 0 amide bonds. The van der Waals surface area contributed by atoms with Crippen LogP contribution in [0, 0.1) is 6.92 Å². The Hall–Kier alpha value is -2.30. The van der Waals surface area contributed by atoms with Crippen LogP contribution in [0.2, 0.25) is 10.0 Å². The van der Waals surface area contributed by atoms with Crippen molar-refractivity contribution in [3.63, 3.8) is 0 Å². The number of benzene rings is 2. The molecular weight excluding hydrogens is 349 g/mol. The maximum atomic E-state index is 13.0. The molecule has 0 spiro atoms. The fourth-order valence-corrected chi connectivity index (χ4v) is 3.13. The lowest BCUT2D eigenvalue weighted by atomic mass is 10.1. The number of carbonyl (C=O) groups is 2. The van der Waals surface area contributed by atoms with Gasteiger partial charge >= 0.3 is 0 Å². The van der Waals surface area contributed by atoms with E-state index in [2.05, 4.69) is 0 Å². The van der Waals surface area contributed by atoms with Crippen LogP contribution in [0.3, 0.4) is 0 Å². The Morgan fingerprint density at radius 3 is 2.58 bits per heavy atom. The highest BCUT2D eigenvalue weighted by atomic mass is 35.5. The third kappa shape index (κ3) is 2.68.